The molecule has 0 bridgehead atoms. The van der Waals surface area contributed by atoms with Crippen LogP contribution in [0.15, 0.2) is 24.3 Å². The van der Waals surface area contributed by atoms with Crippen molar-refractivity contribution in [2.24, 2.45) is 13.0 Å². The highest BCUT2D eigenvalue weighted by Gasteiger charge is 2.13. The maximum absolute atomic E-state index is 12.1. The Morgan fingerprint density at radius 2 is 1.97 bits per heavy atom. The smallest absolute Gasteiger partial charge is 0.331 e. The summed E-state index contributed by atoms with van der Waals surface area (Å²) in [5, 5.41) is 6.94. The Labute approximate surface area is 176 Å². The molecule has 0 aliphatic carbocycles. The van der Waals surface area contributed by atoms with E-state index in [-0.39, 0.29) is 6.61 Å². The van der Waals surface area contributed by atoms with Crippen LogP contribution in [-0.4, -0.2) is 42.0 Å². The van der Waals surface area contributed by atoms with Crippen LogP contribution in [0.3, 0.4) is 0 Å². The number of ether oxygens (including phenoxy) is 3. The first-order valence-corrected chi connectivity index (χ1v) is 9.67. The summed E-state index contributed by atoms with van der Waals surface area (Å²) in [7, 11) is 3.35. The molecule has 8 nitrogen and oxygen atoms in total. The van der Waals surface area contributed by atoms with Crippen LogP contribution in [0.5, 0.6) is 11.5 Å². The molecule has 1 aromatic heterocycles. The zero-order valence-electron chi connectivity index (χ0n) is 18.3. The molecule has 162 valence electrons. The monoisotopic (exact) mass is 415 g/mol. The first-order valence-electron chi connectivity index (χ1n) is 9.67. The predicted octanol–water partition coefficient (Wildman–Crippen LogP) is 3.28. The number of aryl methyl sites for hydroxylation is 2. The normalized spacial score (nSPS) is 11.0. The molecule has 30 heavy (non-hydrogen) atoms. The molecule has 0 aliphatic rings. The van der Waals surface area contributed by atoms with E-state index in [1.165, 1.54) is 6.08 Å². The Bertz CT molecular complexity index is 931. The van der Waals surface area contributed by atoms with Gasteiger partial charge in [-0.3, -0.25) is 9.48 Å². The summed E-state index contributed by atoms with van der Waals surface area (Å²) in [6, 6.07) is 5.36. The van der Waals surface area contributed by atoms with E-state index in [1.54, 1.807) is 44.0 Å². The first kappa shape index (κ1) is 23.0. The summed E-state index contributed by atoms with van der Waals surface area (Å²) in [5.41, 5.74) is 2.89. The van der Waals surface area contributed by atoms with E-state index in [1.807, 2.05) is 13.0 Å². The third-order valence-corrected chi connectivity index (χ3v) is 4.29. The van der Waals surface area contributed by atoms with Gasteiger partial charge in [-0.2, -0.15) is 5.10 Å². The summed E-state index contributed by atoms with van der Waals surface area (Å²) >= 11 is 0. The second-order valence-electron chi connectivity index (χ2n) is 7.27. The number of hydrogen-bond donors (Lipinski definition) is 1. The molecule has 8 heteroatoms. The van der Waals surface area contributed by atoms with Crippen molar-refractivity contribution in [1.29, 1.82) is 0 Å². The molecular weight excluding hydrogens is 386 g/mol. The van der Waals surface area contributed by atoms with Crippen molar-refractivity contribution in [2.75, 3.05) is 25.6 Å². The Kier molecular flexibility index (Phi) is 8.03. The van der Waals surface area contributed by atoms with Crippen LogP contribution in [0.2, 0.25) is 0 Å². The Morgan fingerprint density at radius 1 is 1.23 bits per heavy atom. The molecule has 0 fully saturated rings. The lowest BCUT2D eigenvalue weighted by atomic mass is 10.2. The quantitative estimate of drug-likeness (QED) is 0.499. The van der Waals surface area contributed by atoms with Gasteiger partial charge < -0.3 is 19.5 Å². The minimum Gasteiger partial charge on any atom is -0.493 e. The highest BCUT2D eigenvalue weighted by Crippen LogP contribution is 2.29. The van der Waals surface area contributed by atoms with Crippen LogP contribution in [-0.2, 0) is 21.4 Å². The van der Waals surface area contributed by atoms with Gasteiger partial charge in [0.2, 0.25) is 0 Å². The molecule has 0 aliphatic heterocycles. The number of hydrogen-bond acceptors (Lipinski definition) is 6. The lowest BCUT2D eigenvalue weighted by Gasteiger charge is -2.12. The van der Waals surface area contributed by atoms with Crippen molar-refractivity contribution >= 4 is 23.6 Å². The Balaban J connectivity index is 1.90. The standard InChI is InChI=1S/C22H29N3O5/c1-14(2)12-29-18-9-7-17(11-19(18)28-6)8-10-21(27)30-13-20(26)23-22-15(3)24-25(5)16(22)4/h7-11,14H,12-13H2,1-6H3,(H,23,26)/b10-8+. The molecule has 0 radical (unpaired) electrons. The van der Waals surface area contributed by atoms with Gasteiger partial charge in [0, 0.05) is 13.1 Å². The molecule has 2 aromatic rings. The highest BCUT2D eigenvalue weighted by atomic mass is 16.5. The average molecular weight is 415 g/mol. The third kappa shape index (κ3) is 6.37. The summed E-state index contributed by atoms with van der Waals surface area (Å²) < 4.78 is 17.7. The molecule has 1 aromatic carbocycles. The maximum atomic E-state index is 12.1. The van der Waals surface area contributed by atoms with E-state index in [4.69, 9.17) is 14.2 Å². The predicted molar refractivity (Wildman–Crippen MR) is 115 cm³/mol. The second-order valence-corrected chi connectivity index (χ2v) is 7.27. The molecule has 0 saturated carbocycles. The topological polar surface area (TPSA) is 91.7 Å². The van der Waals surface area contributed by atoms with Gasteiger partial charge in [-0.05, 0) is 43.5 Å². The molecule has 1 N–H and O–H groups in total. The number of rotatable bonds is 9. The minimum absolute atomic E-state index is 0.387. The Morgan fingerprint density at radius 3 is 2.57 bits per heavy atom. The van der Waals surface area contributed by atoms with Crippen molar-refractivity contribution in [3.8, 4) is 11.5 Å². The van der Waals surface area contributed by atoms with Crippen molar-refractivity contribution in [3.63, 3.8) is 0 Å². The van der Waals surface area contributed by atoms with Crippen molar-refractivity contribution in [2.45, 2.75) is 27.7 Å². The van der Waals surface area contributed by atoms with Crippen LogP contribution in [0.1, 0.15) is 30.8 Å². The van der Waals surface area contributed by atoms with E-state index in [2.05, 4.69) is 24.3 Å². The maximum Gasteiger partial charge on any atom is 0.331 e. The molecule has 0 saturated heterocycles. The second kappa shape index (κ2) is 10.5. The first-order chi connectivity index (χ1) is 14.2. The largest absolute Gasteiger partial charge is 0.493 e. The number of carbonyl (C=O) groups is 2. The number of benzene rings is 1. The van der Waals surface area contributed by atoms with Gasteiger partial charge in [0.25, 0.3) is 5.91 Å². The van der Waals surface area contributed by atoms with Crippen LogP contribution in [0.4, 0.5) is 5.69 Å². The summed E-state index contributed by atoms with van der Waals surface area (Å²) in [6.45, 7) is 7.96. The van der Waals surface area contributed by atoms with Gasteiger partial charge >= 0.3 is 5.97 Å². The van der Waals surface area contributed by atoms with Crippen molar-refractivity contribution in [1.82, 2.24) is 9.78 Å². The van der Waals surface area contributed by atoms with Crippen LogP contribution in [0.25, 0.3) is 6.08 Å². The van der Waals surface area contributed by atoms with Crippen molar-refractivity contribution < 1.29 is 23.8 Å². The number of nitrogens with zero attached hydrogens (tertiary/aromatic N) is 2. The number of esters is 1. The van der Waals surface area contributed by atoms with Gasteiger partial charge in [-0.1, -0.05) is 19.9 Å². The molecule has 2 rings (SSSR count). The molecule has 0 unspecified atom stereocenters. The Hall–Kier alpha value is -3.29. The molecule has 0 spiro atoms. The van der Waals surface area contributed by atoms with Crippen molar-refractivity contribution in [3.05, 3.63) is 41.2 Å². The zero-order valence-corrected chi connectivity index (χ0v) is 18.3. The van der Waals surface area contributed by atoms with Gasteiger partial charge in [-0.15, -0.1) is 0 Å². The van der Waals surface area contributed by atoms with Gasteiger partial charge in [0.05, 0.1) is 30.8 Å². The number of anilines is 1. The SMILES string of the molecule is COc1cc(/C=C/C(=O)OCC(=O)Nc2c(C)nn(C)c2C)ccc1OCC(C)C. The fourth-order valence-corrected chi connectivity index (χ4v) is 2.64. The number of nitrogens with one attached hydrogen (secondary N) is 1. The van der Waals surface area contributed by atoms with Gasteiger partial charge in [-0.25, -0.2) is 4.79 Å². The van der Waals surface area contributed by atoms with Crippen LogP contribution < -0.4 is 14.8 Å². The minimum atomic E-state index is -0.621. The van der Waals surface area contributed by atoms with E-state index >= 15 is 0 Å². The van der Waals surface area contributed by atoms with Crippen LogP contribution in [0, 0.1) is 19.8 Å². The lowest BCUT2D eigenvalue weighted by Crippen LogP contribution is -2.20. The third-order valence-electron chi connectivity index (χ3n) is 4.29. The molecule has 0 atom stereocenters. The summed E-state index contributed by atoms with van der Waals surface area (Å²) in [5.74, 6) is 0.566. The van der Waals surface area contributed by atoms with E-state index < -0.39 is 11.9 Å². The fourth-order valence-electron chi connectivity index (χ4n) is 2.64. The van der Waals surface area contributed by atoms with Gasteiger partial charge in [0.15, 0.2) is 18.1 Å². The van der Waals surface area contributed by atoms with E-state index in [9.17, 15) is 9.59 Å². The number of methoxy groups -OCH3 is 1. The number of aromatic nitrogens is 2. The molecular formula is C22H29N3O5. The zero-order chi connectivity index (χ0) is 22.3. The number of amides is 1. The average Bonchev–Trinajstić information content (AvgIpc) is 2.95. The highest BCUT2D eigenvalue weighted by molar-refractivity contribution is 5.95. The van der Waals surface area contributed by atoms with Gasteiger partial charge in [0.1, 0.15) is 0 Å². The van der Waals surface area contributed by atoms with Crippen LogP contribution >= 0.6 is 0 Å². The fraction of sp³-hybridized carbons (Fsp3) is 0.409. The summed E-state index contributed by atoms with van der Waals surface area (Å²) in [4.78, 5) is 24.0. The van der Waals surface area contributed by atoms with E-state index in [0.717, 1.165) is 11.3 Å². The lowest BCUT2D eigenvalue weighted by molar-refractivity contribution is -0.142. The molecule has 1 heterocycles. The number of carbonyl (C=O) groups excluding carboxylic acids is 2. The molecule has 1 amide bonds. The summed E-state index contributed by atoms with van der Waals surface area (Å²) in [6.07, 6.45) is 2.85. The van der Waals surface area contributed by atoms with E-state index in [0.29, 0.717) is 35.4 Å².